The first-order chi connectivity index (χ1) is 19.0. The van der Waals surface area contributed by atoms with E-state index in [1.54, 1.807) is 0 Å². The molecular formula is C25H40F3NO10. The van der Waals surface area contributed by atoms with Gasteiger partial charge in [-0.15, -0.1) is 0 Å². The molecule has 0 radical (unpaired) electrons. The number of benzene rings is 1. The number of hydrogen-bond acceptors (Lipinski definition) is 11. The number of halogens is 3. The van der Waals surface area contributed by atoms with Crippen LogP contribution in [-0.4, -0.2) is 118 Å². The van der Waals surface area contributed by atoms with Gasteiger partial charge in [0.15, 0.2) is 11.6 Å². The van der Waals surface area contributed by atoms with Gasteiger partial charge >= 0.3 is 5.97 Å². The Morgan fingerprint density at radius 3 is 1.18 bits per heavy atom. The van der Waals surface area contributed by atoms with E-state index < -0.39 is 29.2 Å². The second kappa shape index (κ2) is 25.1. The standard InChI is InChI=1S/C25H40F3NO10/c26-21-19-22(27)25(23(28)20-21)39-24(30)1-3-31-5-7-33-9-11-35-13-15-37-17-18-38-16-14-36-12-10-34-8-6-32-4-2-29/h19-20H,1-18,29H2. The van der Waals surface area contributed by atoms with E-state index in [0.29, 0.717) is 105 Å². The van der Waals surface area contributed by atoms with Crippen molar-refractivity contribution in [3.05, 3.63) is 29.6 Å². The lowest BCUT2D eigenvalue weighted by Crippen LogP contribution is -2.16. The summed E-state index contributed by atoms with van der Waals surface area (Å²) in [6.45, 7) is 6.96. The van der Waals surface area contributed by atoms with Gasteiger partial charge < -0.3 is 48.4 Å². The number of esters is 1. The van der Waals surface area contributed by atoms with Crippen LogP contribution in [0.15, 0.2) is 12.1 Å². The Kier molecular flexibility index (Phi) is 22.6. The lowest BCUT2D eigenvalue weighted by Gasteiger charge is -2.09. The number of ether oxygens (including phenoxy) is 9. The first kappa shape index (κ1) is 35.1. The van der Waals surface area contributed by atoms with Crippen molar-refractivity contribution >= 4 is 5.97 Å². The SMILES string of the molecule is NCCOCCOCCOCCOCCOCCOCCOCCOCCC(=O)Oc1c(F)cc(F)cc1F. The molecule has 0 bridgehead atoms. The molecule has 11 nitrogen and oxygen atoms in total. The number of nitrogens with two attached hydrogens (primary N) is 1. The molecule has 39 heavy (non-hydrogen) atoms. The second-order valence-corrected chi connectivity index (χ2v) is 7.61. The topological polar surface area (TPSA) is 126 Å². The Labute approximate surface area is 226 Å². The van der Waals surface area contributed by atoms with E-state index in [-0.39, 0.29) is 26.2 Å². The highest BCUT2D eigenvalue weighted by molar-refractivity contribution is 5.72. The molecule has 0 aromatic heterocycles. The van der Waals surface area contributed by atoms with Crippen molar-refractivity contribution in [1.29, 1.82) is 0 Å². The summed E-state index contributed by atoms with van der Waals surface area (Å²) in [7, 11) is 0. The van der Waals surface area contributed by atoms with Crippen LogP contribution in [0.3, 0.4) is 0 Å². The minimum absolute atomic E-state index is 0.0291. The molecule has 0 atom stereocenters. The Morgan fingerprint density at radius 2 is 0.846 bits per heavy atom. The van der Waals surface area contributed by atoms with Crippen LogP contribution in [0.5, 0.6) is 5.75 Å². The molecule has 1 aromatic carbocycles. The predicted molar refractivity (Wildman–Crippen MR) is 132 cm³/mol. The maximum Gasteiger partial charge on any atom is 0.313 e. The smallest absolute Gasteiger partial charge is 0.313 e. The van der Waals surface area contributed by atoms with Gasteiger partial charge in [-0.3, -0.25) is 4.79 Å². The first-order valence-electron chi connectivity index (χ1n) is 12.7. The van der Waals surface area contributed by atoms with E-state index in [1.165, 1.54) is 0 Å². The van der Waals surface area contributed by atoms with Crippen molar-refractivity contribution in [3.63, 3.8) is 0 Å². The Bertz CT molecular complexity index is 725. The van der Waals surface area contributed by atoms with Crippen molar-refractivity contribution in [2.75, 3.05) is 112 Å². The van der Waals surface area contributed by atoms with Gasteiger partial charge in [0, 0.05) is 18.7 Å². The van der Waals surface area contributed by atoms with E-state index in [9.17, 15) is 18.0 Å². The average molecular weight is 572 g/mol. The lowest BCUT2D eigenvalue weighted by molar-refractivity contribution is -0.136. The molecule has 0 amide bonds. The van der Waals surface area contributed by atoms with Crippen LogP contribution in [0.2, 0.25) is 0 Å². The van der Waals surface area contributed by atoms with E-state index in [2.05, 4.69) is 4.74 Å². The molecule has 2 N–H and O–H groups in total. The second-order valence-electron chi connectivity index (χ2n) is 7.61. The third kappa shape index (κ3) is 20.7. The van der Waals surface area contributed by atoms with Gasteiger partial charge in [0.05, 0.1) is 112 Å². The highest BCUT2D eigenvalue weighted by Gasteiger charge is 2.16. The van der Waals surface area contributed by atoms with E-state index in [4.69, 9.17) is 43.6 Å². The van der Waals surface area contributed by atoms with Gasteiger partial charge in [0.2, 0.25) is 5.75 Å². The summed E-state index contributed by atoms with van der Waals surface area (Å²) in [6.07, 6.45) is -0.235. The molecule has 0 spiro atoms. The first-order valence-corrected chi connectivity index (χ1v) is 12.7. The average Bonchev–Trinajstić information content (AvgIpc) is 2.90. The van der Waals surface area contributed by atoms with Gasteiger partial charge in [0.25, 0.3) is 0 Å². The number of hydrogen-bond donors (Lipinski definition) is 1. The summed E-state index contributed by atoms with van der Waals surface area (Å²) in [5.41, 5.74) is 5.31. The molecule has 0 saturated heterocycles. The molecule has 0 aliphatic rings. The van der Waals surface area contributed by atoms with E-state index in [0.717, 1.165) is 0 Å². The summed E-state index contributed by atoms with van der Waals surface area (Å²) in [4.78, 5) is 11.6. The number of carbonyl (C=O) groups excluding carboxylic acids is 1. The third-order valence-corrected chi connectivity index (χ3v) is 4.50. The fourth-order valence-corrected chi connectivity index (χ4v) is 2.67. The summed E-state index contributed by atoms with van der Waals surface area (Å²) in [5, 5.41) is 0. The van der Waals surface area contributed by atoms with Crippen molar-refractivity contribution in [1.82, 2.24) is 0 Å². The number of rotatable bonds is 27. The van der Waals surface area contributed by atoms with Crippen LogP contribution in [0, 0.1) is 17.5 Å². The zero-order chi connectivity index (χ0) is 28.4. The minimum Gasteiger partial charge on any atom is -0.420 e. The molecule has 0 fully saturated rings. The molecule has 1 aromatic rings. The van der Waals surface area contributed by atoms with Crippen molar-refractivity contribution in [3.8, 4) is 5.75 Å². The Morgan fingerprint density at radius 1 is 0.538 bits per heavy atom. The molecule has 226 valence electrons. The minimum atomic E-state index is -1.30. The fraction of sp³-hybridized carbons (Fsp3) is 0.720. The van der Waals surface area contributed by atoms with Crippen LogP contribution in [-0.2, 0) is 42.7 Å². The summed E-state index contributed by atoms with van der Waals surface area (Å²) in [6, 6.07) is 0.851. The molecule has 0 unspecified atom stereocenters. The molecule has 0 aliphatic carbocycles. The lowest BCUT2D eigenvalue weighted by atomic mass is 10.3. The largest absolute Gasteiger partial charge is 0.420 e. The van der Waals surface area contributed by atoms with Crippen molar-refractivity contribution < 1.29 is 60.6 Å². The monoisotopic (exact) mass is 571 g/mol. The maximum absolute atomic E-state index is 13.4. The highest BCUT2D eigenvalue weighted by Crippen LogP contribution is 2.23. The quantitative estimate of drug-likeness (QED) is 0.0938. The summed E-state index contributed by atoms with van der Waals surface area (Å²) in [5.74, 6) is -5.55. The normalized spacial score (nSPS) is 11.3. The summed E-state index contributed by atoms with van der Waals surface area (Å²) < 4.78 is 86.9. The molecule has 0 heterocycles. The van der Waals surface area contributed by atoms with Gasteiger partial charge in [-0.1, -0.05) is 0 Å². The third-order valence-electron chi connectivity index (χ3n) is 4.50. The Hall–Kier alpha value is -1.88. The zero-order valence-electron chi connectivity index (χ0n) is 22.2. The van der Waals surface area contributed by atoms with Gasteiger partial charge in [-0.25, -0.2) is 13.2 Å². The van der Waals surface area contributed by atoms with E-state index >= 15 is 0 Å². The molecule has 14 heteroatoms. The predicted octanol–water partition coefficient (Wildman–Crippen LogP) is 1.49. The molecule has 0 aliphatic heterocycles. The van der Waals surface area contributed by atoms with Gasteiger partial charge in [-0.05, 0) is 0 Å². The van der Waals surface area contributed by atoms with Crippen LogP contribution in [0.1, 0.15) is 6.42 Å². The Balaban J connectivity index is 1.76. The van der Waals surface area contributed by atoms with Crippen LogP contribution < -0.4 is 10.5 Å². The van der Waals surface area contributed by atoms with Crippen molar-refractivity contribution in [2.45, 2.75) is 6.42 Å². The van der Waals surface area contributed by atoms with Crippen molar-refractivity contribution in [2.24, 2.45) is 5.73 Å². The fourth-order valence-electron chi connectivity index (χ4n) is 2.67. The van der Waals surface area contributed by atoms with Crippen LogP contribution in [0.4, 0.5) is 13.2 Å². The van der Waals surface area contributed by atoms with E-state index in [1.807, 2.05) is 0 Å². The number of carbonyl (C=O) groups is 1. The highest BCUT2D eigenvalue weighted by atomic mass is 19.1. The maximum atomic E-state index is 13.4. The van der Waals surface area contributed by atoms with Gasteiger partial charge in [-0.2, -0.15) is 0 Å². The van der Waals surface area contributed by atoms with Crippen LogP contribution in [0.25, 0.3) is 0 Å². The molecule has 1 rings (SSSR count). The molecule has 0 saturated carbocycles. The zero-order valence-corrected chi connectivity index (χ0v) is 22.2. The molecular weight excluding hydrogens is 531 g/mol. The summed E-state index contributed by atoms with van der Waals surface area (Å²) >= 11 is 0. The van der Waals surface area contributed by atoms with Crippen LogP contribution >= 0.6 is 0 Å². The van der Waals surface area contributed by atoms with Gasteiger partial charge in [0.1, 0.15) is 5.82 Å².